The molecule has 0 nitrogen and oxygen atoms in total. The maximum atomic E-state index is 2.52. The van der Waals surface area contributed by atoms with Gasteiger partial charge in [-0.1, -0.05) is 65.9 Å². The van der Waals surface area contributed by atoms with Crippen molar-refractivity contribution in [1.82, 2.24) is 0 Å². The van der Waals surface area contributed by atoms with Crippen LogP contribution in [0.15, 0.2) is 11.8 Å². The minimum Gasteiger partial charge on any atom is -0.0979 e. The maximum absolute atomic E-state index is 2.52. The zero-order chi connectivity index (χ0) is 10.7. The van der Waals surface area contributed by atoms with Crippen molar-refractivity contribution < 1.29 is 0 Å². The molecule has 0 N–H and O–H groups in total. The first-order chi connectivity index (χ1) is 5.70. The van der Waals surface area contributed by atoms with E-state index in [1.807, 2.05) is 0 Å². The molecule has 0 aliphatic heterocycles. The smallest absolute Gasteiger partial charge is 0.0766 e. The molecular formula is C12H26Si. The molecule has 0 amide bonds. The highest BCUT2D eigenvalue weighted by Gasteiger charge is 2.32. The summed E-state index contributed by atoms with van der Waals surface area (Å²) >= 11 is 0. The highest BCUT2D eigenvalue weighted by molar-refractivity contribution is 6.84. The van der Waals surface area contributed by atoms with Crippen molar-refractivity contribution in [2.75, 3.05) is 0 Å². The second-order valence-electron chi connectivity index (χ2n) is 5.72. The Hall–Kier alpha value is -0.0431. The highest BCUT2D eigenvalue weighted by atomic mass is 28.3. The van der Waals surface area contributed by atoms with E-state index in [0.717, 1.165) is 5.92 Å². The van der Waals surface area contributed by atoms with Crippen LogP contribution >= 0.6 is 0 Å². The Morgan fingerprint density at radius 1 is 1.23 bits per heavy atom. The fraction of sp³-hybridized carbons (Fsp3) is 0.833. The van der Waals surface area contributed by atoms with Crippen molar-refractivity contribution in [2.45, 2.75) is 59.2 Å². The lowest BCUT2D eigenvalue weighted by Gasteiger charge is -2.34. The van der Waals surface area contributed by atoms with Crippen LogP contribution in [0.25, 0.3) is 0 Å². The van der Waals surface area contributed by atoms with Crippen molar-refractivity contribution in [3.63, 3.8) is 0 Å². The Labute approximate surface area is 85.4 Å². The van der Waals surface area contributed by atoms with Gasteiger partial charge in [0.2, 0.25) is 0 Å². The molecule has 0 saturated carbocycles. The summed E-state index contributed by atoms with van der Waals surface area (Å²) in [5.41, 5.74) is 2.52. The molecule has 78 valence electrons. The van der Waals surface area contributed by atoms with Gasteiger partial charge in [-0.3, -0.25) is 0 Å². The van der Waals surface area contributed by atoms with Crippen molar-refractivity contribution in [2.24, 2.45) is 5.92 Å². The van der Waals surface area contributed by atoms with Crippen molar-refractivity contribution >= 4 is 8.07 Å². The SMILES string of the molecule is CC[C@@H](C)/C=C/[Si](C)(C)C(C)(C)C. The van der Waals surface area contributed by atoms with Gasteiger partial charge in [-0.2, -0.15) is 0 Å². The first-order valence-corrected chi connectivity index (χ1v) is 8.48. The molecule has 0 bridgehead atoms. The van der Waals surface area contributed by atoms with E-state index in [0.29, 0.717) is 5.04 Å². The van der Waals surface area contributed by atoms with E-state index in [4.69, 9.17) is 0 Å². The van der Waals surface area contributed by atoms with Gasteiger partial charge in [0.1, 0.15) is 0 Å². The summed E-state index contributed by atoms with van der Waals surface area (Å²) in [5.74, 6) is 0.745. The highest BCUT2D eigenvalue weighted by Crippen LogP contribution is 2.36. The third kappa shape index (κ3) is 4.12. The standard InChI is InChI=1S/C12H26Si/c1-8-11(2)9-10-13(6,7)12(3,4)5/h9-11H,8H2,1-7H3/b10-9+/t11-/m1/s1. The average molecular weight is 198 g/mol. The van der Waals surface area contributed by atoms with Crippen LogP contribution in [-0.4, -0.2) is 8.07 Å². The predicted molar refractivity (Wildman–Crippen MR) is 65.8 cm³/mol. The Kier molecular flexibility index (Phi) is 4.44. The number of rotatable bonds is 3. The minimum atomic E-state index is -1.16. The predicted octanol–water partition coefficient (Wildman–Crippen LogP) is 4.64. The zero-order valence-corrected chi connectivity index (χ0v) is 11.4. The van der Waals surface area contributed by atoms with Crippen molar-refractivity contribution in [1.29, 1.82) is 0 Å². The van der Waals surface area contributed by atoms with E-state index >= 15 is 0 Å². The van der Waals surface area contributed by atoms with Gasteiger partial charge >= 0.3 is 0 Å². The second-order valence-corrected chi connectivity index (χ2v) is 11.0. The average Bonchev–Trinajstić information content (AvgIpc) is 1.98. The summed E-state index contributed by atoms with van der Waals surface area (Å²) in [6, 6.07) is 0. The summed E-state index contributed by atoms with van der Waals surface area (Å²) in [6.45, 7) is 16.5. The van der Waals surface area contributed by atoms with Crippen LogP contribution in [0.3, 0.4) is 0 Å². The topological polar surface area (TPSA) is 0 Å². The van der Waals surface area contributed by atoms with E-state index in [-0.39, 0.29) is 0 Å². The Bertz CT molecular complexity index is 172. The van der Waals surface area contributed by atoms with Crippen LogP contribution in [0.4, 0.5) is 0 Å². The molecule has 0 aromatic heterocycles. The van der Waals surface area contributed by atoms with Gasteiger partial charge in [0.15, 0.2) is 0 Å². The summed E-state index contributed by atoms with van der Waals surface area (Å²) < 4.78 is 0. The molecule has 0 aromatic carbocycles. The summed E-state index contributed by atoms with van der Waals surface area (Å²) in [7, 11) is -1.16. The molecular weight excluding hydrogens is 172 g/mol. The molecule has 13 heavy (non-hydrogen) atoms. The van der Waals surface area contributed by atoms with Gasteiger partial charge < -0.3 is 0 Å². The Balaban J connectivity index is 4.42. The number of allylic oxidation sites excluding steroid dienone is 1. The summed E-state index contributed by atoms with van der Waals surface area (Å²) in [4.78, 5) is 0. The van der Waals surface area contributed by atoms with Gasteiger partial charge in [0, 0.05) is 0 Å². The third-order valence-corrected chi connectivity index (χ3v) is 8.31. The molecule has 0 fully saturated rings. The van der Waals surface area contributed by atoms with Gasteiger partial charge in [0.25, 0.3) is 0 Å². The van der Waals surface area contributed by atoms with Crippen molar-refractivity contribution in [3.8, 4) is 0 Å². The summed E-state index contributed by atoms with van der Waals surface area (Å²) in [6.07, 6.45) is 3.67. The first-order valence-electron chi connectivity index (χ1n) is 5.40. The molecule has 1 heteroatoms. The maximum Gasteiger partial charge on any atom is 0.0766 e. The quantitative estimate of drug-likeness (QED) is 0.580. The largest absolute Gasteiger partial charge is 0.0979 e. The molecule has 0 aromatic rings. The molecule has 0 heterocycles. The fourth-order valence-corrected chi connectivity index (χ4v) is 2.10. The molecule has 0 radical (unpaired) electrons. The van der Waals surface area contributed by atoms with E-state index in [1.54, 1.807) is 0 Å². The molecule has 0 unspecified atom stereocenters. The van der Waals surface area contributed by atoms with Crippen LogP contribution in [0.1, 0.15) is 41.0 Å². The molecule has 0 aliphatic rings. The fourth-order valence-electron chi connectivity index (χ4n) is 0.791. The second kappa shape index (κ2) is 4.45. The van der Waals surface area contributed by atoms with E-state index < -0.39 is 8.07 Å². The summed E-state index contributed by atoms with van der Waals surface area (Å²) in [5, 5.41) is 0.483. The van der Waals surface area contributed by atoms with Gasteiger partial charge in [-0.15, -0.1) is 0 Å². The molecule has 0 rings (SSSR count). The molecule has 0 aliphatic carbocycles. The van der Waals surface area contributed by atoms with Gasteiger partial charge in [0.05, 0.1) is 8.07 Å². The molecule has 0 saturated heterocycles. The Morgan fingerprint density at radius 2 is 1.69 bits per heavy atom. The van der Waals surface area contributed by atoms with Crippen LogP contribution < -0.4 is 0 Å². The lowest BCUT2D eigenvalue weighted by Crippen LogP contribution is -2.35. The Morgan fingerprint density at radius 3 is 2.00 bits per heavy atom. The third-order valence-electron chi connectivity index (χ3n) is 3.42. The monoisotopic (exact) mass is 198 g/mol. The lowest BCUT2D eigenvalue weighted by molar-refractivity contribution is 0.695. The molecule has 1 atom stereocenters. The zero-order valence-electron chi connectivity index (χ0n) is 10.4. The van der Waals surface area contributed by atoms with Crippen LogP contribution in [0.5, 0.6) is 0 Å². The van der Waals surface area contributed by atoms with Crippen LogP contribution in [0, 0.1) is 5.92 Å². The van der Waals surface area contributed by atoms with Crippen LogP contribution in [0.2, 0.25) is 18.1 Å². The minimum absolute atomic E-state index is 0.483. The van der Waals surface area contributed by atoms with Crippen LogP contribution in [-0.2, 0) is 0 Å². The number of hydrogen-bond acceptors (Lipinski definition) is 0. The van der Waals surface area contributed by atoms with E-state index in [9.17, 15) is 0 Å². The normalized spacial score (nSPS) is 16.5. The van der Waals surface area contributed by atoms with Crippen molar-refractivity contribution in [3.05, 3.63) is 11.8 Å². The van der Waals surface area contributed by atoms with Gasteiger partial charge in [-0.05, 0) is 11.0 Å². The number of hydrogen-bond donors (Lipinski definition) is 0. The molecule has 0 spiro atoms. The van der Waals surface area contributed by atoms with E-state index in [2.05, 4.69) is 59.5 Å². The van der Waals surface area contributed by atoms with Gasteiger partial charge in [-0.25, -0.2) is 0 Å². The first kappa shape index (κ1) is 13.0. The van der Waals surface area contributed by atoms with E-state index in [1.165, 1.54) is 6.42 Å². The lowest BCUT2D eigenvalue weighted by atomic mass is 10.1.